The fraction of sp³-hybridized carbons (Fsp3) is 0.412. The van der Waals surface area contributed by atoms with Crippen molar-refractivity contribution in [3.8, 4) is 35.0 Å². The second-order valence-electron chi connectivity index (χ2n) is 5.53. The van der Waals surface area contributed by atoms with Gasteiger partial charge in [-0.25, -0.2) is 13.8 Å². The molecule has 130 valence electrons. The van der Waals surface area contributed by atoms with Gasteiger partial charge < -0.3 is 9.47 Å². The van der Waals surface area contributed by atoms with Gasteiger partial charge >= 0.3 is 6.01 Å². The Morgan fingerprint density at radius 1 is 1.24 bits per heavy atom. The average molecular weight is 346 g/mol. The SMILES string of the molecule is CC#Cc1nnc(-c2cnc(OC)nc2OC)cc1[C@H]1C[C@@H]1C(F)F. The molecule has 0 spiro atoms. The van der Waals surface area contributed by atoms with Gasteiger partial charge in [0.1, 0.15) is 11.4 Å². The molecule has 8 heteroatoms. The molecule has 6 nitrogen and oxygen atoms in total. The van der Waals surface area contributed by atoms with E-state index in [4.69, 9.17) is 9.47 Å². The summed E-state index contributed by atoms with van der Waals surface area (Å²) in [5.41, 5.74) is 2.04. The van der Waals surface area contributed by atoms with Crippen LogP contribution >= 0.6 is 0 Å². The van der Waals surface area contributed by atoms with E-state index in [1.54, 1.807) is 13.0 Å². The van der Waals surface area contributed by atoms with Crippen molar-refractivity contribution in [2.24, 2.45) is 5.92 Å². The van der Waals surface area contributed by atoms with E-state index in [2.05, 4.69) is 32.0 Å². The van der Waals surface area contributed by atoms with Gasteiger partial charge in [-0.05, 0) is 36.8 Å². The van der Waals surface area contributed by atoms with Crippen molar-refractivity contribution in [1.82, 2.24) is 20.2 Å². The zero-order valence-corrected chi connectivity index (χ0v) is 14.0. The van der Waals surface area contributed by atoms with Crippen LogP contribution in [0.15, 0.2) is 12.3 Å². The first-order valence-corrected chi connectivity index (χ1v) is 7.63. The normalized spacial score (nSPS) is 18.5. The number of hydrogen-bond acceptors (Lipinski definition) is 6. The molecular weight excluding hydrogens is 330 g/mol. The third-order valence-corrected chi connectivity index (χ3v) is 4.01. The molecule has 1 saturated carbocycles. The van der Waals surface area contributed by atoms with Gasteiger partial charge in [0.15, 0.2) is 0 Å². The lowest BCUT2D eigenvalue weighted by atomic mass is 10.0. The van der Waals surface area contributed by atoms with Gasteiger partial charge in [0.05, 0.1) is 19.8 Å². The minimum absolute atomic E-state index is 0.155. The van der Waals surface area contributed by atoms with E-state index in [-0.39, 0.29) is 17.8 Å². The molecule has 2 aromatic rings. The van der Waals surface area contributed by atoms with Crippen LogP contribution in [0, 0.1) is 17.8 Å². The molecule has 3 rings (SSSR count). The van der Waals surface area contributed by atoms with Gasteiger partial charge in [0.2, 0.25) is 12.3 Å². The van der Waals surface area contributed by atoms with Gasteiger partial charge in [-0.15, -0.1) is 10.2 Å². The number of rotatable bonds is 5. The molecule has 2 aromatic heterocycles. The van der Waals surface area contributed by atoms with Crippen LogP contribution in [0.5, 0.6) is 11.9 Å². The number of ether oxygens (including phenoxy) is 2. The number of methoxy groups -OCH3 is 2. The summed E-state index contributed by atoms with van der Waals surface area (Å²) >= 11 is 0. The van der Waals surface area contributed by atoms with Crippen LogP contribution in [0.1, 0.15) is 30.5 Å². The lowest BCUT2D eigenvalue weighted by Gasteiger charge is -2.09. The molecule has 0 aliphatic heterocycles. The zero-order valence-electron chi connectivity index (χ0n) is 14.0. The topological polar surface area (TPSA) is 70.0 Å². The van der Waals surface area contributed by atoms with E-state index in [0.717, 1.165) is 0 Å². The van der Waals surface area contributed by atoms with Crippen molar-refractivity contribution in [2.75, 3.05) is 14.2 Å². The molecule has 1 aliphatic carbocycles. The summed E-state index contributed by atoms with van der Waals surface area (Å²) < 4.78 is 36.2. The number of halogens is 2. The van der Waals surface area contributed by atoms with E-state index >= 15 is 0 Å². The van der Waals surface area contributed by atoms with Crippen LogP contribution in [0.4, 0.5) is 8.78 Å². The van der Waals surface area contributed by atoms with Crippen LogP contribution in [-0.2, 0) is 0 Å². The van der Waals surface area contributed by atoms with E-state index in [1.165, 1.54) is 20.4 Å². The number of aromatic nitrogens is 4. The van der Waals surface area contributed by atoms with E-state index < -0.39 is 12.3 Å². The van der Waals surface area contributed by atoms with Gasteiger partial charge in [0.25, 0.3) is 0 Å². The van der Waals surface area contributed by atoms with Gasteiger partial charge in [-0.3, -0.25) is 0 Å². The van der Waals surface area contributed by atoms with Crippen LogP contribution in [0.25, 0.3) is 11.3 Å². The van der Waals surface area contributed by atoms with Gasteiger partial charge in [0, 0.05) is 12.1 Å². The molecule has 0 aromatic carbocycles. The first kappa shape index (κ1) is 17.0. The Morgan fingerprint density at radius 3 is 2.64 bits per heavy atom. The molecular formula is C17H16F2N4O2. The van der Waals surface area contributed by atoms with Crippen molar-refractivity contribution in [3.05, 3.63) is 23.5 Å². The Kier molecular flexibility index (Phi) is 4.74. The fourth-order valence-corrected chi connectivity index (χ4v) is 2.67. The number of hydrogen-bond donors (Lipinski definition) is 0. The third-order valence-electron chi connectivity index (χ3n) is 4.01. The average Bonchev–Trinajstić information content (AvgIpc) is 3.42. The molecule has 0 bridgehead atoms. The Bertz CT molecular complexity index is 848. The van der Waals surface area contributed by atoms with Crippen molar-refractivity contribution in [3.63, 3.8) is 0 Å². The molecule has 0 unspecified atom stereocenters. The van der Waals surface area contributed by atoms with E-state index in [9.17, 15) is 8.78 Å². The standard InChI is InChI=1S/C17H16F2N4O2/c1-4-5-13-10(9-6-11(9)15(18)19)7-14(23-22-13)12-8-20-17(25-3)21-16(12)24-2/h7-9,11,15H,6H2,1-3H3/t9-,11+/m1/s1. The van der Waals surface area contributed by atoms with Crippen LogP contribution in [-0.4, -0.2) is 40.8 Å². The molecule has 0 saturated heterocycles. The molecule has 0 amide bonds. The minimum Gasteiger partial charge on any atom is -0.480 e. The molecule has 1 fully saturated rings. The fourth-order valence-electron chi connectivity index (χ4n) is 2.67. The van der Waals surface area contributed by atoms with Crippen molar-refractivity contribution in [1.29, 1.82) is 0 Å². The summed E-state index contributed by atoms with van der Waals surface area (Å²) in [6.45, 7) is 1.66. The van der Waals surface area contributed by atoms with E-state index in [1.807, 2.05) is 0 Å². The highest BCUT2D eigenvalue weighted by Gasteiger charge is 2.46. The smallest absolute Gasteiger partial charge is 0.319 e. The molecule has 0 radical (unpaired) electrons. The van der Waals surface area contributed by atoms with Crippen LogP contribution in [0.2, 0.25) is 0 Å². The zero-order chi connectivity index (χ0) is 18.0. The van der Waals surface area contributed by atoms with Gasteiger partial charge in [-0.2, -0.15) is 4.98 Å². The van der Waals surface area contributed by atoms with Crippen LogP contribution < -0.4 is 9.47 Å². The maximum Gasteiger partial charge on any atom is 0.319 e. The lowest BCUT2D eigenvalue weighted by molar-refractivity contribution is 0.120. The van der Waals surface area contributed by atoms with E-state index in [0.29, 0.717) is 28.9 Å². The molecule has 1 aliphatic rings. The third kappa shape index (κ3) is 3.36. The minimum atomic E-state index is -2.36. The lowest BCUT2D eigenvalue weighted by Crippen LogP contribution is -2.03. The highest BCUT2D eigenvalue weighted by Crippen LogP contribution is 2.52. The summed E-state index contributed by atoms with van der Waals surface area (Å²) in [7, 11) is 2.91. The van der Waals surface area contributed by atoms with Gasteiger partial charge in [-0.1, -0.05) is 5.92 Å². The second kappa shape index (κ2) is 6.97. The molecule has 25 heavy (non-hydrogen) atoms. The first-order valence-electron chi connectivity index (χ1n) is 7.63. The quantitative estimate of drug-likeness (QED) is 0.775. The Balaban J connectivity index is 2.05. The first-order chi connectivity index (χ1) is 12.1. The number of nitrogens with zero attached hydrogens (tertiary/aromatic N) is 4. The molecule has 2 atom stereocenters. The summed E-state index contributed by atoms with van der Waals surface area (Å²) in [6, 6.07) is 1.87. The highest BCUT2D eigenvalue weighted by atomic mass is 19.3. The largest absolute Gasteiger partial charge is 0.480 e. The Morgan fingerprint density at radius 2 is 2.04 bits per heavy atom. The van der Waals surface area contributed by atoms with Crippen molar-refractivity contribution in [2.45, 2.75) is 25.7 Å². The Hall–Kier alpha value is -2.82. The second-order valence-corrected chi connectivity index (χ2v) is 5.53. The Labute approximate surface area is 143 Å². The van der Waals surface area contributed by atoms with Crippen molar-refractivity contribution >= 4 is 0 Å². The summed E-state index contributed by atoms with van der Waals surface area (Å²) in [5.74, 6) is 4.91. The monoisotopic (exact) mass is 346 g/mol. The molecule has 2 heterocycles. The summed E-state index contributed by atoms with van der Waals surface area (Å²) in [6.07, 6.45) is -0.443. The maximum atomic E-state index is 13.0. The predicted molar refractivity (Wildman–Crippen MR) is 85.6 cm³/mol. The number of alkyl halides is 2. The van der Waals surface area contributed by atoms with Crippen molar-refractivity contribution < 1.29 is 18.3 Å². The van der Waals surface area contributed by atoms with Crippen LogP contribution in [0.3, 0.4) is 0 Å². The maximum absolute atomic E-state index is 13.0. The highest BCUT2D eigenvalue weighted by molar-refractivity contribution is 5.65. The predicted octanol–water partition coefficient (Wildman–Crippen LogP) is 2.69. The molecule has 0 N–H and O–H groups in total. The summed E-state index contributed by atoms with van der Waals surface area (Å²) in [4.78, 5) is 8.15. The summed E-state index contributed by atoms with van der Waals surface area (Å²) in [5, 5.41) is 8.24.